The SMILES string of the molecule is C=C/C=C\C(=C/C)c1ccc(OC2=C(N3CC[NH+](C)CC3)CNN(c3ccc(Cl)cc3)C2=O)cc1. The van der Waals surface area contributed by atoms with Crippen LogP contribution in [-0.4, -0.2) is 50.6 Å². The number of allylic oxidation sites excluding steroid dienone is 5. The Morgan fingerprint density at radius 2 is 1.80 bits per heavy atom. The molecule has 2 aliphatic heterocycles. The number of anilines is 1. The van der Waals surface area contributed by atoms with E-state index in [1.54, 1.807) is 18.2 Å². The number of piperazine rings is 1. The molecule has 0 spiro atoms. The maximum absolute atomic E-state index is 13.7. The third-order valence-electron chi connectivity index (χ3n) is 6.28. The first-order chi connectivity index (χ1) is 17.0. The Morgan fingerprint density at radius 3 is 2.43 bits per heavy atom. The van der Waals surface area contributed by atoms with Crippen molar-refractivity contribution in [2.75, 3.05) is 44.8 Å². The molecule has 182 valence electrons. The Labute approximate surface area is 212 Å². The number of nitrogens with zero attached hydrogens (tertiary/aromatic N) is 2. The molecule has 4 rings (SSSR count). The Bertz CT molecular complexity index is 1140. The summed E-state index contributed by atoms with van der Waals surface area (Å²) in [5.41, 5.74) is 7.01. The van der Waals surface area contributed by atoms with Crippen LogP contribution in [0.3, 0.4) is 0 Å². The summed E-state index contributed by atoms with van der Waals surface area (Å²) in [6.07, 6.45) is 7.73. The van der Waals surface area contributed by atoms with Crippen molar-refractivity contribution in [3.8, 4) is 5.75 Å². The van der Waals surface area contributed by atoms with E-state index in [1.807, 2.05) is 61.5 Å². The normalized spacial score (nSPS) is 17.9. The first kappa shape index (κ1) is 24.8. The van der Waals surface area contributed by atoms with Gasteiger partial charge in [-0.1, -0.05) is 54.6 Å². The number of likely N-dealkylation sites (N-methyl/N-ethyl adjacent to an activating group) is 1. The van der Waals surface area contributed by atoms with Gasteiger partial charge in [-0.15, -0.1) is 0 Å². The largest absolute Gasteiger partial charge is 0.450 e. The van der Waals surface area contributed by atoms with Gasteiger partial charge in [-0.2, -0.15) is 0 Å². The van der Waals surface area contributed by atoms with Crippen LogP contribution in [0.4, 0.5) is 5.69 Å². The van der Waals surface area contributed by atoms with Crippen molar-refractivity contribution < 1.29 is 14.4 Å². The topological polar surface area (TPSA) is 49.2 Å². The highest BCUT2D eigenvalue weighted by Crippen LogP contribution is 2.27. The monoisotopic (exact) mass is 491 g/mol. The van der Waals surface area contributed by atoms with Crippen molar-refractivity contribution in [3.05, 3.63) is 101 Å². The lowest BCUT2D eigenvalue weighted by molar-refractivity contribution is -0.884. The van der Waals surface area contributed by atoms with Gasteiger partial charge in [0.25, 0.3) is 0 Å². The first-order valence-corrected chi connectivity index (χ1v) is 12.2. The highest BCUT2D eigenvalue weighted by atomic mass is 35.5. The van der Waals surface area contributed by atoms with E-state index in [0.717, 1.165) is 43.0 Å². The number of quaternary nitrogens is 1. The molecule has 2 aromatic carbocycles. The molecule has 6 nitrogen and oxygen atoms in total. The minimum atomic E-state index is -0.230. The molecule has 2 heterocycles. The average molecular weight is 492 g/mol. The van der Waals surface area contributed by atoms with Crippen molar-refractivity contribution >= 4 is 28.8 Å². The van der Waals surface area contributed by atoms with E-state index in [0.29, 0.717) is 28.8 Å². The minimum Gasteiger partial charge on any atom is -0.450 e. The zero-order valence-corrected chi connectivity index (χ0v) is 21.0. The summed E-state index contributed by atoms with van der Waals surface area (Å²) in [6, 6.07) is 15.0. The predicted molar refractivity (Wildman–Crippen MR) is 142 cm³/mol. The van der Waals surface area contributed by atoms with Crippen LogP contribution in [0.5, 0.6) is 5.75 Å². The van der Waals surface area contributed by atoms with Gasteiger partial charge in [0.15, 0.2) is 0 Å². The van der Waals surface area contributed by atoms with Crippen molar-refractivity contribution in [3.63, 3.8) is 0 Å². The van der Waals surface area contributed by atoms with Gasteiger partial charge in [0.2, 0.25) is 5.76 Å². The summed E-state index contributed by atoms with van der Waals surface area (Å²) < 4.78 is 6.31. The van der Waals surface area contributed by atoms with Gasteiger partial charge in [0.1, 0.15) is 5.75 Å². The van der Waals surface area contributed by atoms with Gasteiger partial charge in [-0.3, -0.25) is 4.79 Å². The highest BCUT2D eigenvalue weighted by Gasteiger charge is 2.34. The molecule has 0 radical (unpaired) electrons. The number of rotatable bonds is 7. The van der Waals surface area contributed by atoms with Gasteiger partial charge >= 0.3 is 5.91 Å². The fourth-order valence-electron chi connectivity index (χ4n) is 4.21. The Kier molecular flexibility index (Phi) is 8.08. The number of carbonyl (C=O) groups excluding carboxylic acids is 1. The van der Waals surface area contributed by atoms with Crippen LogP contribution in [0.25, 0.3) is 5.57 Å². The molecule has 35 heavy (non-hydrogen) atoms. The van der Waals surface area contributed by atoms with Crippen LogP contribution < -0.4 is 20.1 Å². The third-order valence-corrected chi connectivity index (χ3v) is 6.53. The standard InChI is InChI=1S/C28H31ClN4O2/c1-4-6-7-21(5-2)22-8-14-25(15-9-22)35-27-26(32-18-16-31(3)17-19-32)20-30-33(28(27)34)24-12-10-23(29)11-13-24/h4-15,30H,1,16-20H2,2-3H3/p+1/b7-6-,21-5+. The number of carbonyl (C=O) groups is 1. The van der Waals surface area contributed by atoms with Crippen LogP contribution in [0, 0.1) is 0 Å². The molecule has 2 N–H and O–H groups in total. The number of hydrazine groups is 1. The summed E-state index contributed by atoms with van der Waals surface area (Å²) in [7, 11) is 2.19. The van der Waals surface area contributed by atoms with Crippen LogP contribution in [-0.2, 0) is 4.79 Å². The van der Waals surface area contributed by atoms with E-state index in [9.17, 15) is 4.79 Å². The fraction of sp³-hybridized carbons (Fsp3) is 0.250. The van der Waals surface area contributed by atoms with Gasteiger partial charge < -0.3 is 14.5 Å². The van der Waals surface area contributed by atoms with E-state index < -0.39 is 0 Å². The summed E-state index contributed by atoms with van der Waals surface area (Å²) >= 11 is 6.05. The molecule has 2 aromatic rings. The second kappa shape index (κ2) is 11.4. The van der Waals surface area contributed by atoms with E-state index in [-0.39, 0.29) is 5.91 Å². The second-order valence-electron chi connectivity index (χ2n) is 8.64. The van der Waals surface area contributed by atoms with E-state index in [1.165, 1.54) is 9.91 Å². The number of hydrogen-bond donors (Lipinski definition) is 2. The lowest BCUT2D eigenvalue weighted by atomic mass is 10.1. The van der Waals surface area contributed by atoms with Crippen molar-refractivity contribution in [1.29, 1.82) is 0 Å². The van der Waals surface area contributed by atoms with Crippen LogP contribution >= 0.6 is 11.6 Å². The summed E-state index contributed by atoms with van der Waals surface area (Å²) in [4.78, 5) is 17.4. The molecular weight excluding hydrogens is 460 g/mol. The molecule has 7 heteroatoms. The number of hydrogen-bond acceptors (Lipinski definition) is 4. The molecule has 0 aliphatic carbocycles. The minimum absolute atomic E-state index is 0.230. The third kappa shape index (κ3) is 5.85. The maximum atomic E-state index is 13.7. The molecule has 1 fully saturated rings. The lowest BCUT2D eigenvalue weighted by Gasteiger charge is -2.38. The highest BCUT2D eigenvalue weighted by molar-refractivity contribution is 6.30. The number of ether oxygens (including phenoxy) is 1. The van der Waals surface area contributed by atoms with Gasteiger partial charge in [-0.05, 0) is 54.5 Å². The Balaban J connectivity index is 1.63. The number of benzene rings is 2. The molecule has 1 saturated heterocycles. The number of nitrogens with one attached hydrogen (secondary N) is 2. The van der Waals surface area contributed by atoms with Crippen LogP contribution in [0.1, 0.15) is 12.5 Å². The summed E-state index contributed by atoms with van der Waals surface area (Å²) in [5, 5.41) is 2.15. The first-order valence-electron chi connectivity index (χ1n) is 11.9. The molecule has 0 bridgehead atoms. The van der Waals surface area contributed by atoms with Crippen LogP contribution in [0.15, 0.2) is 90.9 Å². The van der Waals surface area contributed by atoms with E-state index in [4.69, 9.17) is 16.3 Å². The molecule has 0 aromatic heterocycles. The van der Waals surface area contributed by atoms with Crippen molar-refractivity contribution in [2.45, 2.75) is 6.92 Å². The number of halogens is 1. The van der Waals surface area contributed by atoms with Crippen molar-refractivity contribution in [1.82, 2.24) is 10.3 Å². The summed E-state index contributed by atoms with van der Waals surface area (Å²) in [6.45, 7) is 10.0. The van der Waals surface area contributed by atoms with E-state index in [2.05, 4.69) is 24.0 Å². The molecule has 2 aliphatic rings. The molecule has 0 unspecified atom stereocenters. The molecule has 0 saturated carbocycles. The van der Waals surface area contributed by atoms with Gasteiger partial charge in [0.05, 0.1) is 51.2 Å². The fourth-order valence-corrected chi connectivity index (χ4v) is 4.34. The van der Waals surface area contributed by atoms with Crippen LogP contribution in [0.2, 0.25) is 5.02 Å². The molecular formula is C28H32ClN4O2+. The Morgan fingerprint density at radius 1 is 1.11 bits per heavy atom. The van der Waals surface area contributed by atoms with Gasteiger partial charge in [0, 0.05) is 5.02 Å². The zero-order chi connectivity index (χ0) is 24.8. The summed E-state index contributed by atoms with van der Waals surface area (Å²) in [5.74, 6) is 0.742. The smallest absolute Gasteiger partial charge is 0.310 e. The molecule has 1 amide bonds. The second-order valence-corrected chi connectivity index (χ2v) is 9.07. The maximum Gasteiger partial charge on any atom is 0.310 e. The lowest BCUT2D eigenvalue weighted by Crippen LogP contribution is -3.11. The predicted octanol–water partition coefficient (Wildman–Crippen LogP) is 3.46. The van der Waals surface area contributed by atoms with Gasteiger partial charge in [-0.25, -0.2) is 10.4 Å². The number of amides is 1. The zero-order valence-electron chi connectivity index (χ0n) is 20.3. The Hall–Kier alpha value is -3.32. The quantitative estimate of drug-likeness (QED) is 0.582. The average Bonchev–Trinajstić information content (AvgIpc) is 2.88. The van der Waals surface area contributed by atoms with Crippen molar-refractivity contribution in [2.24, 2.45) is 0 Å². The van der Waals surface area contributed by atoms with E-state index >= 15 is 0 Å². The molecule has 0 atom stereocenters.